The van der Waals surface area contributed by atoms with Gasteiger partial charge in [0.2, 0.25) is 15.8 Å². The van der Waals surface area contributed by atoms with E-state index in [4.69, 9.17) is 10.3 Å². The first kappa shape index (κ1) is 19.2. The molecule has 0 aliphatic carbocycles. The second kappa shape index (κ2) is 7.99. The third-order valence-electron chi connectivity index (χ3n) is 3.97. The van der Waals surface area contributed by atoms with Gasteiger partial charge in [-0.2, -0.15) is 4.98 Å². The van der Waals surface area contributed by atoms with Crippen LogP contribution in [-0.4, -0.2) is 25.1 Å². The Morgan fingerprint density at radius 3 is 2.26 bits per heavy atom. The number of benzene rings is 2. The van der Waals surface area contributed by atoms with Crippen LogP contribution in [0, 0.1) is 5.92 Å². The molecule has 3 aromatic rings. The fourth-order valence-electron chi connectivity index (χ4n) is 2.38. The summed E-state index contributed by atoms with van der Waals surface area (Å²) < 4.78 is 32.4. The summed E-state index contributed by atoms with van der Waals surface area (Å²) >= 11 is 0. The maximum absolute atomic E-state index is 12.3. The van der Waals surface area contributed by atoms with E-state index in [1.54, 1.807) is 12.1 Å². The molecule has 0 saturated heterocycles. The molecule has 1 aromatic heterocycles. The normalized spacial score (nSPS) is 11.9. The molecular formula is C19H22N4O3S. The summed E-state index contributed by atoms with van der Waals surface area (Å²) in [6.07, 6.45) is 0. The lowest BCUT2D eigenvalue weighted by atomic mass is 10.1. The molecule has 1 heterocycles. The van der Waals surface area contributed by atoms with Crippen LogP contribution in [0.5, 0.6) is 0 Å². The number of nitrogens with two attached hydrogens (primary N) is 1. The third-order valence-corrected chi connectivity index (χ3v) is 5.41. The average molecular weight is 386 g/mol. The summed E-state index contributed by atoms with van der Waals surface area (Å²) in [5.74, 6) is 1.02. The Morgan fingerprint density at radius 2 is 1.67 bits per heavy atom. The molecular weight excluding hydrogens is 364 g/mol. The molecule has 0 unspecified atom stereocenters. The summed E-state index contributed by atoms with van der Waals surface area (Å²) in [5.41, 5.74) is 8.08. The molecule has 0 amide bonds. The second-order valence-corrected chi connectivity index (χ2v) is 8.36. The van der Waals surface area contributed by atoms with Crippen LogP contribution in [0.15, 0.2) is 57.9 Å². The van der Waals surface area contributed by atoms with E-state index in [2.05, 4.69) is 14.9 Å². The van der Waals surface area contributed by atoms with Crippen LogP contribution < -0.4 is 10.5 Å². The van der Waals surface area contributed by atoms with Crippen LogP contribution >= 0.6 is 0 Å². The van der Waals surface area contributed by atoms with E-state index in [0.29, 0.717) is 30.4 Å². The van der Waals surface area contributed by atoms with Gasteiger partial charge in [0, 0.05) is 24.2 Å². The van der Waals surface area contributed by atoms with Crippen molar-refractivity contribution in [1.29, 1.82) is 0 Å². The highest BCUT2D eigenvalue weighted by molar-refractivity contribution is 7.89. The molecule has 142 valence electrons. The first-order chi connectivity index (χ1) is 12.9. The number of hydrogen-bond acceptors (Lipinski definition) is 6. The Kier molecular flexibility index (Phi) is 5.69. The van der Waals surface area contributed by atoms with Crippen LogP contribution in [0.2, 0.25) is 0 Å². The molecule has 0 fully saturated rings. The van der Waals surface area contributed by atoms with E-state index >= 15 is 0 Å². The van der Waals surface area contributed by atoms with Crippen LogP contribution in [0.1, 0.15) is 19.4 Å². The van der Waals surface area contributed by atoms with Crippen molar-refractivity contribution in [2.75, 3.05) is 6.54 Å². The van der Waals surface area contributed by atoms with E-state index in [9.17, 15) is 8.42 Å². The van der Waals surface area contributed by atoms with Gasteiger partial charge in [0.15, 0.2) is 0 Å². The zero-order chi connectivity index (χ0) is 19.4. The minimum atomic E-state index is -3.53. The van der Waals surface area contributed by atoms with E-state index < -0.39 is 10.0 Å². The van der Waals surface area contributed by atoms with Gasteiger partial charge in [0.05, 0.1) is 4.90 Å². The summed E-state index contributed by atoms with van der Waals surface area (Å²) in [5, 5.41) is 3.99. The highest BCUT2D eigenvalue weighted by Gasteiger charge is 2.16. The minimum absolute atomic E-state index is 0.198. The predicted octanol–water partition coefficient (Wildman–Crippen LogP) is 2.80. The first-order valence-electron chi connectivity index (χ1n) is 8.62. The second-order valence-electron chi connectivity index (χ2n) is 6.59. The van der Waals surface area contributed by atoms with Crippen molar-refractivity contribution in [3.8, 4) is 22.8 Å². The van der Waals surface area contributed by atoms with E-state index in [1.807, 2.05) is 38.1 Å². The van der Waals surface area contributed by atoms with Gasteiger partial charge in [0.25, 0.3) is 5.89 Å². The molecule has 0 saturated carbocycles. The van der Waals surface area contributed by atoms with Crippen molar-refractivity contribution >= 4 is 10.0 Å². The Morgan fingerprint density at radius 1 is 1.04 bits per heavy atom. The predicted molar refractivity (Wildman–Crippen MR) is 103 cm³/mol. The average Bonchev–Trinajstić information content (AvgIpc) is 3.17. The molecule has 0 spiro atoms. The Labute approximate surface area is 158 Å². The molecule has 0 aliphatic rings. The maximum Gasteiger partial charge on any atom is 0.258 e. The molecule has 0 bridgehead atoms. The fraction of sp³-hybridized carbons (Fsp3) is 0.263. The molecule has 0 radical (unpaired) electrons. The van der Waals surface area contributed by atoms with Crippen molar-refractivity contribution < 1.29 is 12.9 Å². The summed E-state index contributed by atoms with van der Waals surface area (Å²) in [6.45, 7) is 4.75. The van der Waals surface area contributed by atoms with Gasteiger partial charge in [0.1, 0.15) is 0 Å². The Hall–Kier alpha value is -2.55. The zero-order valence-corrected chi connectivity index (χ0v) is 16.0. The van der Waals surface area contributed by atoms with Crippen LogP contribution in [0.3, 0.4) is 0 Å². The van der Waals surface area contributed by atoms with Gasteiger partial charge in [-0.05, 0) is 35.7 Å². The van der Waals surface area contributed by atoms with Gasteiger partial charge >= 0.3 is 0 Å². The molecule has 27 heavy (non-hydrogen) atoms. The molecule has 0 atom stereocenters. The number of sulfonamides is 1. The fourth-order valence-corrected chi connectivity index (χ4v) is 3.60. The maximum atomic E-state index is 12.3. The van der Waals surface area contributed by atoms with Crippen molar-refractivity contribution in [3.63, 3.8) is 0 Å². The highest BCUT2D eigenvalue weighted by atomic mass is 32.2. The SMILES string of the molecule is CC(C)CNS(=O)(=O)c1ccc(-c2nc(-c3ccc(CN)cc3)no2)cc1. The number of rotatable bonds is 7. The molecule has 3 rings (SSSR count). The quantitative estimate of drug-likeness (QED) is 0.646. The Bertz CT molecular complexity index is 994. The van der Waals surface area contributed by atoms with Crippen LogP contribution in [0.4, 0.5) is 0 Å². The molecule has 7 nitrogen and oxygen atoms in total. The molecule has 8 heteroatoms. The third kappa shape index (κ3) is 4.60. The molecule has 3 N–H and O–H groups in total. The monoisotopic (exact) mass is 386 g/mol. The van der Waals surface area contributed by atoms with Crippen molar-refractivity contribution in [2.24, 2.45) is 11.7 Å². The number of hydrogen-bond donors (Lipinski definition) is 2. The van der Waals surface area contributed by atoms with Crippen LogP contribution in [0.25, 0.3) is 22.8 Å². The lowest BCUT2D eigenvalue weighted by molar-refractivity contribution is 0.432. The lowest BCUT2D eigenvalue weighted by Gasteiger charge is -2.08. The zero-order valence-electron chi connectivity index (χ0n) is 15.2. The topological polar surface area (TPSA) is 111 Å². The van der Waals surface area contributed by atoms with Gasteiger partial charge in [-0.3, -0.25) is 0 Å². The minimum Gasteiger partial charge on any atom is -0.334 e. The van der Waals surface area contributed by atoms with Crippen LogP contribution in [-0.2, 0) is 16.6 Å². The van der Waals surface area contributed by atoms with E-state index in [-0.39, 0.29) is 10.8 Å². The van der Waals surface area contributed by atoms with Crippen molar-refractivity contribution in [3.05, 3.63) is 54.1 Å². The molecule has 0 aliphatic heterocycles. The molecule has 2 aromatic carbocycles. The number of nitrogens with one attached hydrogen (secondary N) is 1. The Balaban J connectivity index is 1.78. The number of nitrogens with zero attached hydrogens (tertiary/aromatic N) is 2. The van der Waals surface area contributed by atoms with Gasteiger partial charge in [-0.25, -0.2) is 13.1 Å². The highest BCUT2D eigenvalue weighted by Crippen LogP contribution is 2.23. The van der Waals surface area contributed by atoms with Gasteiger partial charge in [-0.15, -0.1) is 0 Å². The lowest BCUT2D eigenvalue weighted by Crippen LogP contribution is -2.27. The summed E-state index contributed by atoms with van der Waals surface area (Å²) in [4.78, 5) is 4.58. The summed E-state index contributed by atoms with van der Waals surface area (Å²) in [6, 6.07) is 13.9. The van der Waals surface area contributed by atoms with Crippen molar-refractivity contribution in [1.82, 2.24) is 14.9 Å². The first-order valence-corrected chi connectivity index (χ1v) is 10.1. The van der Waals surface area contributed by atoms with E-state index in [0.717, 1.165) is 11.1 Å². The smallest absolute Gasteiger partial charge is 0.258 e. The number of aromatic nitrogens is 2. The van der Waals surface area contributed by atoms with E-state index in [1.165, 1.54) is 12.1 Å². The van der Waals surface area contributed by atoms with Gasteiger partial charge in [-0.1, -0.05) is 43.3 Å². The van der Waals surface area contributed by atoms with Crippen molar-refractivity contribution in [2.45, 2.75) is 25.3 Å². The standard InChI is InChI=1S/C19H22N4O3S/c1-13(2)12-21-27(24,25)17-9-7-16(8-10-17)19-22-18(23-26-19)15-5-3-14(11-20)4-6-15/h3-10,13,21H,11-12,20H2,1-2H3. The van der Waals surface area contributed by atoms with Gasteiger partial charge < -0.3 is 10.3 Å². The largest absolute Gasteiger partial charge is 0.334 e. The summed E-state index contributed by atoms with van der Waals surface area (Å²) in [7, 11) is -3.53.